The fourth-order valence-electron chi connectivity index (χ4n) is 3.67. The molecule has 0 bridgehead atoms. The minimum atomic E-state index is -0.129. The second-order valence-electron chi connectivity index (χ2n) is 6.99. The van der Waals surface area contributed by atoms with E-state index in [1.807, 2.05) is 12.1 Å². The van der Waals surface area contributed by atoms with E-state index in [2.05, 4.69) is 35.0 Å². The van der Waals surface area contributed by atoms with Crippen LogP contribution in [-0.4, -0.2) is 31.1 Å². The van der Waals surface area contributed by atoms with Gasteiger partial charge in [0.05, 0.1) is 37.4 Å². The zero-order chi connectivity index (χ0) is 19.7. The number of nitrogens with zero attached hydrogens (tertiary/aromatic N) is 3. The molecule has 28 heavy (non-hydrogen) atoms. The molecule has 1 aliphatic rings. The van der Waals surface area contributed by atoms with Crippen molar-refractivity contribution in [2.45, 2.75) is 25.9 Å². The topological polar surface area (TPSA) is 58.8 Å². The van der Waals surface area contributed by atoms with Crippen LogP contribution in [-0.2, 0) is 13.0 Å². The number of rotatable bonds is 5. The van der Waals surface area contributed by atoms with E-state index in [1.54, 1.807) is 43.7 Å². The van der Waals surface area contributed by atoms with Crippen molar-refractivity contribution < 1.29 is 13.9 Å². The van der Waals surface area contributed by atoms with Crippen molar-refractivity contribution >= 4 is 17.3 Å². The molecular formula is C22H23N3O3. The summed E-state index contributed by atoms with van der Waals surface area (Å²) in [7, 11) is 3.29. The zero-order valence-corrected chi connectivity index (χ0v) is 16.3. The molecule has 3 heterocycles. The summed E-state index contributed by atoms with van der Waals surface area (Å²) in [5.41, 5.74) is 3.79. The molecule has 4 rings (SSSR count). The van der Waals surface area contributed by atoms with Gasteiger partial charge in [-0.3, -0.25) is 4.79 Å². The van der Waals surface area contributed by atoms with E-state index in [0.29, 0.717) is 35.5 Å². The average Bonchev–Trinajstić information content (AvgIpc) is 3.32. The van der Waals surface area contributed by atoms with E-state index in [-0.39, 0.29) is 5.91 Å². The van der Waals surface area contributed by atoms with Gasteiger partial charge in [-0.25, -0.2) is 4.98 Å². The van der Waals surface area contributed by atoms with Gasteiger partial charge in [-0.05, 0) is 37.1 Å². The number of aromatic nitrogens is 1. The second-order valence-corrected chi connectivity index (χ2v) is 6.99. The number of benzene rings is 1. The number of anilines is 2. The van der Waals surface area contributed by atoms with Crippen molar-refractivity contribution in [1.29, 1.82) is 0 Å². The summed E-state index contributed by atoms with van der Waals surface area (Å²) in [6.45, 7) is 2.75. The molecule has 6 nitrogen and oxygen atoms in total. The van der Waals surface area contributed by atoms with Crippen LogP contribution in [0, 0.1) is 0 Å². The Hall–Kier alpha value is -3.28. The number of furan rings is 1. The molecule has 0 aliphatic carbocycles. The normalized spacial score (nSPS) is 15.4. The minimum absolute atomic E-state index is 0.129. The number of carbonyl (C=O) groups excluding carboxylic acids is 1. The Kier molecular flexibility index (Phi) is 4.77. The van der Waals surface area contributed by atoms with Crippen molar-refractivity contribution in [1.82, 2.24) is 4.98 Å². The lowest BCUT2D eigenvalue weighted by Crippen LogP contribution is -2.31. The molecule has 0 spiro atoms. The molecule has 1 aromatic carbocycles. The van der Waals surface area contributed by atoms with Gasteiger partial charge in [-0.2, -0.15) is 0 Å². The molecule has 0 saturated carbocycles. The first kappa shape index (κ1) is 18.1. The monoisotopic (exact) mass is 377 g/mol. The van der Waals surface area contributed by atoms with E-state index in [0.717, 1.165) is 6.42 Å². The van der Waals surface area contributed by atoms with Crippen molar-refractivity contribution in [2.75, 3.05) is 24.0 Å². The molecule has 3 aromatic rings. The molecule has 0 fully saturated rings. The van der Waals surface area contributed by atoms with Gasteiger partial charge in [0.15, 0.2) is 0 Å². The third-order valence-electron chi connectivity index (χ3n) is 5.26. The lowest BCUT2D eigenvalue weighted by atomic mass is 10.1. The minimum Gasteiger partial charge on any atom is -0.481 e. The maximum atomic E-state index is 13.1. The van der Waals surface area contributed by atoms with E-state index >= 15 is 0 Å². The number of carbonyl (C=O) groups is 1. The molecule has 6 heteroatoms. The highest BCUT2D eigenvalue weighted by Crippen LogP contribution is 2.34. The lowest BCUT2D eigenvalue weighted by Gasteiger charge is -2.24. The number of pyridine rings is 1. The Labute approximate surface area is 164 Å². The molecule has 2 aromatic heterocycles. The van der Waals surface area contributed by atoms with Crippen LogP contribution in [0.4, 0.5) is 11.4 Å². The highest BCUT2D eigenvalue weighted by Gasteiger charge is 2.28. The molecule has 1 amide bonds. The number of amides is 1. The predicted octanol–water partition coefficient (Wildman–Crippen LogP) is 3.91. The summed E-state index contributed by atoms with van der Waals surface area (Å²) in [5, 5.41) is 0. The van der Waals surface area contributed by atoms with Crippen LogP contribution < -0.4 is 14.5 Å². The number of ether oxygens (including phenoxy) is 1. The number of hydrogen-bond acceptors (Lipinski definition) is 5. The molecule has 144 valence electrons. The van der Waals surface area contributed by atoms with Gasteiger partial charge < -0.3 is 19.0 Å². The van der Waals surface area contributed by atoms with Crippen LogP contribution in [0.25, 0.3) is 0 Å². The van der Waals surface area contributed by atoms with Gasteiger partial charge in [0.1, 0.15) is 5.76 Å². The van der Waals surface area contributed by atoms with E-state index in [4.69, 9.17) is 9.15 Å². The maximum absolute atomic E-state index is 13.1. The fraction of sp³-hybridized carbons (Fsp3) is 0.273. The van der Waals surface area contributed by atoms with Gasteiger partial charge in [0.25, 0.3) is 5.91 Å². The fourth-order valence-corrected chi connectivity index (χ4v) is 3.67. The summed E-state index contributed by atoms with van der Waals surface area (Å²) in [4.78, 5) is 21.1. The van der Waals surface area contributed by atoms with Crippen LogP contribution in [0.2, 0.25) is 0 Å². The zero-order valence-electron chi connectivity index (χ0n) is 16.3. The van der Waals surface area contributed by atoms with Crippen LogP contribution in [0.1, 0.15) is 28.6 Å². The Bertz CT molecular complexity index is 981. The van der Waals surface area contributed by atoms with E-state index < -0.39 is 0 Å². The molecule has 1 aliphatic heterocycles. The molecule has 1 unspecified atom stereocenters. The first-order valence-electron chi connectivity index (χ1n) is 9.27. The first-order valence-corrected chi connectivity index (χ1v) is 9.27. The maximum Gasteiger partial charge on any atom is 0.261 e. The third-order valence-corrected chi connectivity index (χ3v) is 5.26. The summed E-state index contributed by atoms with van der Waals surface area (Å²) in [6, 6.07) is 14.0. The number of methoxy groups -OCH3 is 1. The molecular weight excluding hydrogens is 354 g/mol. The lowest BCUT2D eigenvalue weighted by molar-refractivity contribution is 0.0991. The standard InChI is InChI=1S/C22H23N3O3/c1-15-12-16-6-4-5-7-19(16)25(15)14-20-18(10-11-28-20)22(26)24(2)17-8-9-21(27-3)23-13-17/h4-11,13,15H,12,14H2,1-3H3. The Balaban J connectivity index is 1.56. The van der Waals surface area contributed by atoms with Crippen molar-refractivity contribution in [2.24, 2.45) is 0 Å². The smallest absolute Gasteiger partial charge is 0.261 e. The summed E-state index contributed by atoms with van der Waals surface area (Å²) < 4.78 is 10.8. The summed E-state index contributed by atoms with van der Waals surface area (Å²) >= 11 is 0. The average molecular weight is 377 g/mol. The van der Waals surface area contributed by atoms with Crippen LogP contribution in [0.5, 0.6) is 5.88 Å². The van der Waals surface area contributed by atoms with Gasteiger partial charge in [0, 0.05) is 24.8 Å². The molecule has 0 radical (unpaired) electrons. The van der Waals surface area contributed by atoms with Crippen molar-refractivity contribution in [3.05, 3.63) is 71.8 Å². The summed E-state index contributed by atoms with van der Waals surface area (Å²) in [5.74, 6) is 1.05. The number of hydrogen-bond donors (Lipinski definition) is 0. The van der Waals surface area contributed by atoms with Gasteiger partial charge >= 0.3 is 0 Å². The molecule has 1 atom stereocenters. The quantitative estimate of drug-likeness (QED) is 0.675. The summed E-state index contributed by atoms with van der Waals surface area (Å²) in [6.07, 6.45) is 4.20. The number of fused-ring (bicyclic) bond motifs is 1. The molecule has 0 N–H and O–H groups in total. The highest BCUT2D eigenvalue weighted by molar-refractivity contribution is 6.06. The van der Waals surface area contributed by atoms with Crippen LogP contribution in [0.3, 0.4) is 0 Å². The van der Waals surface area contributed by atoms with E-state index in [9.17, 15) is 4.79 Å². The third kappa shape index (κ3) is 3.22. The SMILES string of the molecule is COc1ccc(N(C)C(=O)c2ccoc2CN2c3ccccc3CC2C)cn1. The van der Waals surface area contributed by atoms with Gasteiger partial charge in [-0.15, -0.1) is 0 Å². The number of para-hydroxylation sites is 1. The Morgan fingerprint density at radius 3 is 2.86 bits per heavy atom. The van der Waals surface area contributed by atoms with Gasteiger partial charge in [0.2, 0.25) is 5.88 Å². The van der Waals surface area contributed by atoms with Crippen molar-refractivity contribution in [3.63, 3.8) is 0 Å². The first-order chi connectivity index (χ1) is 13.6. The highest BCUT2D eigenvalue weighted by atomic mass is 16.5. The largest absolute Gasteiger partial charge is 0.481 e. The Morgan fingerprint density at radius 2 is 2.11 bits per heavy atom. The van der Waals surface area contributed by atoms with Gasteiger partial charge in [-0.1, -0.05) is 18.2 Å². The van der Waals surface area contributed by atoms with Crippen LogP contribution >= 0.6 is 0 Å². The molecule has 0 saturated heterocycles. The van der Waals surface area contributed by atoms with Crippen LogP contribution in [0.15, 0.2) is 59.3 Å². The van der Waals surface area contributed by atoms with Crippen molar-refractivity contribution in [3.8, 4) is 5.88 Å². The Morgan fingerprint density at radius 1 is 1.29 bits per heavy atom. The van der Waals surface area contributed by atoms with E-state index in [1.165, 1.54) is 11.3 Å². The second kappa shape index (κ2) is 7.38. The predicted molar refractivity (Wildman–Crippen MR) is 108 cm³/mol.